The number of alkyl halides is 3. The van der Waals surface area contributed by atoms with E-state index in [1.54, 1.807) is 18.0 Å². The molecule has 0 aliphatic heterocycles. The highest BCUT2D eigenvalue weighted by Crippen LogP contribution is 2.31. The second kappa shape index (κ2) is 3.90. The fourth-order valence-corrected chi connectivity index (χ4v) is 1.10. The van der Waals surface area contributed by atoms with Crippen LogP contribution in [0.4, 0.5) is 18.9 Å². The number of rotatable bonds is 2. The smallest absolute Gasteiger partial charge is 0.375 e. The van der Waals surface area contributed by atoms with Crippen LogP contribution in [-0.4, -0.2) is 13.6 Å². The lowest BCUT2D eigenvalue weighted by Crippen LogP contribution is -2.16. The second-order valence-corrected chi connectivity index (χ2v) is 3.06. The minimum atomic E-state index is -4.26. The summed E-state index contributed by atoms with van der Waals surface area (Å²) in [6.07, 6.45) is -4.26. The van der Waals surface area contributed by atoms with Gasteiger partial charge in [-0.15, -0.1) is 0 Å². The normalized spacial score (nSPS) is 11.5. The van der Waals surface area contributed by atoms with Crippen LogP contribution in [0.15, 0.2) is 24.3 Å². The van der Waals surface area contributed by atoms with Gasteiger partial charge in [-0.2, -0.15) is 13.2 Å². The predicted molar refractivity (Wildman–Crippen MR) is 50.4 cm³/mol. The van der Waals surface area contributed by atoms with Gasteiger partial charge in [-0.3, -0.25) is 0 Å². The Morgan fingerprint density at radius 2 is 1.93 bits per heavy atom. The van der Waals surface area contributed by atoms with E-state index in [9.17, 15) is 13.2 Å². The van der Waals surface area contributed by atoms with Gasteiger partial charge in [-0.25, -0.2) is 0 Å². The Labute approximate surface area is 81.1 Å². The van der Waals surface area contributed by atoms with Crippen molar-refractivity contribution in [2.45, 2.75) is 13.1 Å². The summed E-state index contributed by atoms with van der Waals surface area (Å²) >= 11 is 0. The van der Waals surface area contributed by atoms with Gasteiger partial charge in [-0.1, -0.05) is 6.07 Å². The van der Waals surface area contributed by atoms with E-state index in [0.29, 0.717) is 12.2 Å². The van der Waals surface area contributed by atoms with Gasteiger partial charge in [0.25, 0.3) is 0 Å². The monoisotopic (exact) mass is 203 g/mol. The number of nitrogens with zero attached hydrogens (tertiary/aromatic N) is 1. The van der Waals surface area contributed by atoms with E-state index in [2.05, 4.69) is 0 Å². The molecule has 1 aromatic carbocycles. The molecular weight excluding hydrogens is 191 g/mol. The van der Waals surface area contributed by atoms with Gasteiger partial charge >= 0.3 is 6.18 Å². The van der Waals surface area contributed by atoms with Crippen molar-refractivity contribution in [1.82, 2.24) is 0 Å². The van der Waals surface area contributed by atoms with Gasteiger partial charge in [0.05, 0.1) is 5.56 Å². The Morgan fingerprint density at radius 3 is 2.43 bits per heavy atom. The van der Waals surface area contributed by atoms with Crippen LogP contribution >= 0.6 is 0 Å². The topological polar surface area (TPSA) is 3.24 Å². The van der Waals surface area contributed by atoms with Crippen molar-refractivity contribution in [3.63, 3.8) is 0 Å². The number of halogens is 3. The molecule has 4 heteroatoms. The Kier molecular flexibility index (Phi) is 3.03. The lowest BCUT2D eigenvalue weighted by molar-refractivity contribution is -0.137. The fourth-order valence-electron chi connectivity index (χ4n) is 1.10. The summed E-state index contributed by atoms with van der Waals surface area (Å²) in [4.78, 5) is 1.76. The summed E-state index contributed by atoms with van der Waals surface area (Å²) < 4.78 is 37.0. The van der Waals surface area contributed by atoms with Crippen molar-refractivity contribution in [1.29, 1.82) is 0 Å². The van der Waals surface area contributed by atoms with Crippen molar-refractivity contribution in [2.24, 2.45) is 0 Å². The molecule has 78 valence electrons. The molecular formula is C10H12F3N. The highest BCUT2D eigenvalue weighted by atomic mass is 19.4. The molecule has 0 radical (unpaired) electrons. The van der Waals surface area contributed by atoms with Gasteiger partial charge in [-0.05, 0) is 25.1 Å². The Hall–Kier alpha value is -1.19. The van der Waals surface area contributed by atoms with Gasteiger partial charge in [0, 0.05) is 19.3 Å². The zero-order valence-corrected chi connectivity index (χ0v) is 8.10. The lowest BCUT2D eigenvalue weighted by Gasteiger charge is -2.18. The van der Waals surface area contributed by atoms with E-state index < -0.39 is 11.7 Å². The number of anilines is 1. The summed E-state index contributed by atoms with van der Waals surface area (Å²) in [7, 11) is 1.76. The number of hydrogen-bond donors (Lipinski definition) is 0. The maximum atomic E-state index is 12.3. The van der Waals surface area contributed by atoms with Gasteiger partial charge in [0.15, 0.2) is 0 Å². The predicted octanol–water partition coefficient (Wildman–Crippen LogP) is 3.16. The molecule has 0 N–H and O–H groups in total. The van der Waals surface area contributed by atoms with Crippen LogP contribution in [0.25, 0.3) is 0 Å². The van der Waals surface area contributed by atoms with Crippen LogP contribution in [0.5, 0.6) is 0 Å². The first-order chi connectivity index (χ1) is 6.45. The third kappa shape index (κ3) is 2.40. The molecule has 1 nitrogen and oxygen atoms in total. The van der Waals surface area contributed by atoms with Crippen LogP contribution in [0.1, 0.15) is 12.5 Å². The van der Waals surface area contributed by atoms with E-state index in [-0.39, 0.29) is 0 Å². The molecule has 1 aromatic rings. The summed E-state index contributed by atoms with van der Waals surface area (Å²) in [6.45, 7) is 2.57. The SMILES string of the molecule is CCN(C)c1cccc(C(F)(F)F)c1. The standard InChI is InChI=1S/C10H12F3N/c1-3-14(2)9-6-4-5-8(7-9)10(11,12)13/h4-7H,3H2,1-2H3. The van der Waals surface area contributed by atoms with Crippen molar-refractivity contribution in [3.05, 3.63) is 29.8 Å². The summed E-state index contributed by atoms with van der Waals surface area (Å²) in [6, 6.07) is 5.32. The molecule has 0 unspecified atom stereocenters. The molecule has 0 saturated heterocycles. The molecule has 0 saturated carbocycles. The van der Waals surface area contributed by atoms with Crippen molar-refractivity contribution >= 4 is 5.69 Å². The van der Waals surface area contributed by atoms with Crippen LogP contribution in [0, 0.1) is 0 Å². The Morgan fingerprint density at radius 1 is 1.29 bits per heavy atom. The van der Waals surface area contributed by atoms with Crippen molar-refractivity contribution < 1.29 is 13.2 Å². The molecule has 0 bridgehead atoms. The van der Waals surface area contributed by atoms with Gasteiger partial charge in [0.1, 0.15) is 0 Å². The van der Waals surface area contributed by atoms with E-state index in [4.69, 9.17) is 0 Å². The minimum Gasteiger partial charge on any atom is -0.375 e. The van der Waals surface area contributed by atoms with E-state index >= 15 is 0 Å². The van der Waals surface area contributed by atoms with E-state index in [1.165, 1.54) is 6.07 Å². The maximum Gasteiger partial charge on any atom is 0.416 e. The number of hydrogen-bond acceptors (Lipinski definition) is 1. The Balaban J connectivity index is 3.01. The van der Waals surface area contributed by atoms with E-state index in [0.717, 1.165) is 12.1 Å². The van der Waals surface area contributed by atoms with Crippen LogP contribution in [0.3, 0.4) is 0 Å². The summed E-state index contributed by atoms with van der Waals surface area (Å²) in [5, 5.41) is 0. The molecule has 14 heavy (non-hydrogen) atoms. The largest absolute Gasteiger partial charge is 0.416 e. The van der Waals surface area contributed by atoms with Crippen LogP contribution < -0.4 is 4.90 Å². The molecule has 0 aliphatic carbocycles. The lowest BCUT2D eigenvalue weighted by atomic mass is 10.2. The van der Waals surface area contributed by atoms with Gasteiger partial charge < -0.3 is 4.90 Å². The third-order valence-corrected chi connectivity index (χ3v) is 2.09. The zero-order valence-electron chi connectivity index (χ0n) is 8.10. The molecule has 0 heterocycles. The first-order valence-electron chi connectivity index (χ1n) is 4.33. The minimum absolute atomic E-state index is 0.585. The average molecular weight is 203 g/mol. The second-order valence-electron chi connectivity index (χ2n) is 3.06. The first-order valence-corrected chi connectivity index (χ1v) is 4.33. The first kappa shape index (κ1) is 10.9. The quantitative estimate of drug-likeness (QED) is 0.713. The average Bonchev–Trinajstić information content (AvgIpc) is 2.15. The van der Waals surface area contributed by atoms with E-state index in [1.807, 2.05) is 6.92 Å². The fraction of sp³-hybridized carbons (Fsp3) is 0.400. The van der Waals surface area contributed by atoms with Crippen molar-refractivity contribution in [3.8, 4) is 0 Å². The van der Waals surface area contributed by atoms with Gasteiger partial charge in [0.2, 0.25) is 0 Å². The molecule has 0 aromatic heterocycles. The highest BCUT2D eigenvalue weighted by molar-refractivity contribution is 5.48. The molecule has 0 spiro atoms. The highest BCUT2D eigenvalue weighted by Gasteiger charge is 2.30. The molecule has 0 fully saturated rings. The molecule has 0 amide bonds. The summed E-state index contributed by atoms with van der Waals surface area (Å²) in [5.74, 6) is 0. The summed E-state index contributed by atoms with van der Waals surface area (Å²) in [5.41, 5.74) is -0.0161. The maximum absolute atomic E-state index is 12.3. The van der Waals surface area contributed by atoms with Crippen LogP contribution in [0.2, 0.25) is 0 Å². The molecule has 0 aliphatic rings. The zero-order chi connectivity index (χ0) is 10.8. The molecule has 1 rings (SSSR count). The number of benzene rings is 1. The third-order valence-electron chi connectivity index (χ3n) is 2.09. The Bertz CT molecular complexity index is 306. The van der Waals surface area contributed by atoms with Crippen LogP contribution in [-0.2, 0) is 6.18 Å². The van der Waals surface area contributed by atoms with Crippen molar-refractivity contribution in [2.75, 3.05) is 18.5 Å². The molecule has 0 atom stereocenters.